The molecule has 0 saturated heterocycles. The summed E-state index contributed by atoms with van der Waals surface area (Å²) in [6, 6.07) is 5.82. The van der Waals surface area contributed by atoms with Gasteiger partial charge in [0.05, 0.1) is 4.47 Å². The highest BCUT2D eigenvalue weighted by atomic mass is 79.9. The van der Waals surface area contributed by atoms with Crippen LogP contribution >= 0.6 is 38.6 Å². The van der Waals surface area contributed by atoms with Crippen LogP contribution in [-0.4, -0.2) is 5.11 Å². The third-order valence-electron chi connectivity index (χ3n) is 2.76. The molecule has 0 spiro atoms. The van der Waals surface area contributed by atoms with Crippen LogP contribution in [0.5, 0.6) is 0 Å². The van der Waals surface area contributed by atoms with Gasteiger partial charge in [-0.2, -0.15) is 0 Å². The Bertz CT molecular complexity index is 722. The van der Waals surface area contributed by atoms with Crippen LogP contribution in [0.2, 0.25) is 0 Å². The highest BCUT2D eigenvalue weighted by molar-refractivity contribution is 9.10. The van der Waals surface area contributed by atoms with Crippen LogP contribution in [0.15, 0.2) is 34.1 Å². The van der Waals surface area contributed by atoms with E-state index in [1.54, 1.807) is 11.3 Å². The van der Waals surface area contributed by atoms with E-state index in [4.69, 9.17) is 0 Å². The number of aliphatic hydroxyl groups is 1. The first kappa shape index (κ1) is 13.2. The van der Waals surface area contributed by atoms with Crippen LogP contribution in [0.1, 0.15) is 16.5 Å². The Morgan fingerprint density at radius 3 is 2.63 bits per heavy atom. The molecule has 1 nitrogen and oxygen atoms in total. The zero-order valence-electron chi connectivity index (χ0n) is 9.36. The summed E-state index contributed by atoms with van der Waals surface area (Å²) in [5, 5.41) is 12.2. The maximum absolute atomic E-state index is 13.8. The summed E-state index contributed by atoms with van der Waals surface area (Å²) < 4.78 is 29.4. The second-order valence-corrected chi connectivity index (χ2v) is 6.91. The molecular weight excluding hydrogens is 354 g/mol. The smallest absolute Gasteiger partial charge is 0.137 e. The lowest BCUT2D eigenvalue weighted by Gasteiger charge is -2.10. The zero-order chi connectivity index (χ0) is 13.6. The first-order chi connectivity index (χ1) is 9.06. The lowest BCUT2D eigenvalue weighted by molar-refractivity contribution is 0.218. The Morgan fingerprint density at radius 1 is 1.11 bits per heavy atom. The summed E-state index contributed by atoms with van der Waals surface area (Å²) in [6.45, 7) is 0. The molecule has 1 aromatic carbocycles. The minimum absolute atomic E-state index is 0.0467. The lowest BCUT2D eigenvalue weighted by atomic mass is 10.1. The second kappa shape index (κ2) is 4.94. The monoisotopic (exact) mass is 360 g/mol. The number of hydrogen-bond acceptors (Lipinski definition) is 3. The minimum atomic E-state index is -1.15. The van der Waals surface area contributed by atoms with Gasteiger partial charge >= 0.3 is 0 Å². The SMILES string of the molecule is OC(c1cc2sccc2s1)c1cc(F)c(Br)cc1F. The average Bonchev–Trinajstić information content (AvgIpc) is 2.93. The lowest BCUT2D eigenvalue weighted by Crippen LogP contribution is -2.02. The molecule has 2 aromatic heterocycles. The van der Waals surface area contributed by atoms with Gasteiger partial charge in [0.2, 0.25) is 0 Å². The van der Waals surface area contributed by atoms with Gasteiger partial charge < -0.3 is 5.11 Å². The molecule has 0 amide bonds. The van der Waals surface area contributed by atoms with Gasteiger partial charge in [0.1, 0.15) is 17.7 Å². The number of aliphatic hydroxyl groups excluding tert-OH is 1. The van der Waals surface area contributed by atoms with Gasteiger partial charge in [0, 0.05) is 19.8 Å². The van der Waals surface area contributed by atoms with Crippen LogP contribution < -0.4 is 0 Å². The van der Waals surface area contributed by atoms with E-state index in [1.807, 2.05) is 17.5 Å². The van der Waals surface area contributed by atoms with E-state index in [9.17, 15) is 13.9 Å². The molecule has 6 heteroatoms. The Morgan fingerprint density at radius 2 is 1.89 bits per heavy atom. The van der Waals surface area contributed by atoms with Crippen LogP contribution in [0.4, 0.5) is 8.78 Å². The largest absolute Gasteiger partial charge is 0.383 e. The van der Waals surface area contributed by atoms with Crippen LogP contribution in [0, 0.1) is 11.6 Å². The van der Waals surface area contributed by atoms with Gasteiger partial charge in [-0.15, -0.1) is 22.7 Å². The van der Waals surface area contributed by atoms with Crippen LogP contribution in [0.25, 0.3) is 9.40 Å². The van der Waals surface area contributed by atoms with E-state index < -0.39 is 17.7 Å². The molecule has 3 rings (SSSR count). The van der Waals surface area contributed by atoms with Crippen LogP contribution in [0.3, 0.4) is 0 Å². The summed E-state index contributed by atoms with van der Waals surface area (Å²) in [5.41, 5.74) is -0.0467. The van der Waals surface area contributed by atoms with Crippen molar-refractivity contribution >= 4 is 48.0 Å². The normalized spacial score (nSPS) is 13.1. The molecule has 0 aliphatic heterocycles. The quantitative estimate of drug-likeness (QED) is 0.631. The standard InChI is InChI=1S/C13H7BrF2OS2/c14-7-4-8(15)6(3-9(7)16)13(17)12-5-11-10(19-12)1-2-18-11/h1-5,13,17H. The number of fused-ring (bicyclic) bond motifs is 1. The minimum Gasteiger partial charge on any atom is -0.383 e. The van der Waals surface area contributed by atoms with Crippen molar-refractivity contribution in [1.29, 1.82) is 0 Å². The van der Waals surface area contributed by atoms with Crippen molar-refractivity contribution in [2.45, 2.75) is 6.10 Å². The predicted octanol–water partition coefficient (Wildman–Crippen LogP) is 5.09. The molecule has 0 bridgehead atoms. The number of hydrogen-bond donors (Lipinski definition) is 1. The molecule has 0 saturated carbocycles. The average molecular weight is 361 g/mol. The molecule has 0 radical (unpaired) electrons. The summed E-state index contributed by atoms with van der Waals surface area (Å²) >= 11 is 5.85. The van der Waals surface area contributed by atoms with Crippen molar-refractivity contribution in [1.82, 2.24) is 0 Å². The molecule has 0 fully saturated rings. The van der Waals surface area contributed by atoms with Crippen molar-refractivity contribution in [3.05, 3.63) is 56.2 Å². The molecule has 1 unspecified atom stereocenters. The first-order valence-corrected chi connectivity index (χ1v) is 7.84. The third-order valence-corrected chi connectivity index (χ3v) is 5.52. The molecule has 0 aliphatic carbocycles. The highest BCUT2D eigenvalue weighted by Gasteiger charge is 2.20. The molecule has 2 heterocycles. The fourth-order valence-electron chi connectivity index (χ4n) is 1.82. The van der Waals surface area contributed by atoms with Gasteiger partial charge in [0.25, 0.3) is 0 Å². The van der Waals surface area contributed by atoms with E-state index in [0.29, 0.717) is 4.88 Å². The molecule has 98 valence electrons. The maximum atomic E-state index is 13.8. The number of rotatable bonds is 2. The van der Waals surface area contributed by atoms with E-state index in [2.05, 4.69) is 15.9 Å². The van der Waals surface area contributed by atoms with Crippen LogP contribution in [-0.2, 0) is 0 Å². The Labute approximate surface area is 124 Å². The molecule has 19 heavy (non-hydrogen) atoms. The van der Waals surface area contributed by atoms with Gasteiger partial charge in [-0.1, -0.05) is 0 Å². The maximum Gasteiger partial charge on any atom is 0.137 e. The molecule has 3 aromatic rings. The summed E-state index contributed by atoms with van der Waals surface area (Å²) in [4.78, 5) is 0.613. The van der Waals surface area contributed by atoms with Crippen molar-refractivity contribution in [2.75, 3.05) is 0 Å². The van der Waals surface area contributed by atoms with Crippen molar-refractivity contribution < 1.29 is 13.9 Å². The Balaban J connectivity index is 2.06. The van der Waals surface area contributed by atoms with Gasteiger partial charge in [-0.3, -0.25) is 0 Å². The third kappa shape index (κ3) is 2.33. The van der Waals surface area contributed by atoms with Gasteiger partial charge in [-0.25, -0.2) is 8.78 Å². The zero-order valence-corrected chi connectivity index (χ0v) is 12.6. The second-order valence-electron chi connectivity index (χ2n) is 3.99. The van der Waals surface area contributed by atoms with Crippen molar-refractivity contribution in [2.24, 2.45) is 0 Å². The first-order valence-electron chi connectivity index (χ1n) is 5.35. The highest BCUT2D eigenvalue weighted by Crippen LogP contribution is 2.37. The summed E-state index contributed by atoms with van der Waals surface area (Å²) in [6.07, 6.45) is -1.15. The fourth-order valence-corrected chi connectivity index (χ4v) is 4.26. The molecule has 0 aliphatic rings. The topological polar surface area (TPSA) is 20.2 Å². The Hall–Kier alpha value is -0.820. The number of halogens is 3. The summed E-state index contributed by atoms with van der Waals surface area (Å²) in [7, 11) is 0. The van der Waals surface area contributed by atoms with Crippen molar-refractivity contribution in [3.8, 4) is 0 Å². The van der Waals surface area contributed by atoms with E-state index in [1.165, 1.54) is 11.3 Å². The molecule has 1 N–H and O–H groups in total. The van der Waals surface area contributed by atoms with E-state index in [-0.39, 0.29) is 10.0 Å². The Kier molecular flexibility index (Phi) is 3.42. The predicted molar refractivity (Wildman–Crippen MR) is 77.8 cm³/mol. The number of thiophene rings is 2. The van der Waals surface area contributed by atoms with Crippen molar-refractivity contribution in [3.63, 3.8) is 0 Å². The fraction of sp³-hybridized carbons (Fsp3) is 0.0769. The van der Waals surface area contributed by atoms with Gasteiger partial charge in [-0.05, 0) is 45.6 Å². The molecule has 1 atom stereocenters. The number of benzene rings is 1. The van der Waals surface area contributed by atoms with E-state index >= 15 is 0 Å². The van der Waals surface area contributed by atoms with Gasteiger partial charge in [0.15, 0.2) is 0 Å². The summed E-state index contributed by atoms with van der Waals surface area (Å²) in [5.74, 6) is -1.22. The van der Waals surface area contributed by atoms with E-state index in [0.717, 1.165) is 21.5 Å². The molecular formula is C13H7BrF2OS2.